The average Bonchev–Trinajstić information content (AvgIpc) is 2.83. The zero-order chi connectivity index (χ0) is 24.5. The molecule has 7 nitrogen and oxygen atoms in total. The number of hydrogen-bond acceptors (Lipinski definition) is 6. The lowest BCUT2D eigenvalue weighted by Crippen LogP contribution is -2.49. The predicted octanol–water partition coefficient (Wildman–Crippen LogP) is 4.14. The van der Waals surface area contributed by atoms with E-state index in [0.717, 1.165) is 29.5 Å². The number of fused-ring (bicyclic) bond motifs is 1. The van der Waals surface area contributed by atoms with Crippen LogP contribution in [0.1, 0.15) is 25.3 Å². The van der Waals surface area contributed by atoms with Crippen molar-refractivity contribution >= 4 is 26.7 Å². The molecule has 0 N–H and O–H groups in total. The van der Waals surface area contributed by atoms with Crippen molar-refractivity contribution in [2.24, 2.45) is 0 Å². The van der Waals surface area contributed by atoms with Crippen molar-refractivity contribution in [3.05, 3.63) is 47.5 Å². The molecule has 1 aromatic heterocycles. The van der Waals surface area contributed by atoms with Gasteiger partial charge in [0.1, 0.15) is 11.6 Å². The molecule has 1 saturated heterocycles. The normalized spacial score (nSPS) is 15.1. The number of anilines is 1. The van der Waals surface area contributed by atoms with Crippen LogP contribution in [0, 0.1) is 18.6 Å². The molecule has 182 valence electrons. The first-order valence-electron chi connectivity index (χ1n) is 11.3. The molecular formula is C24H28F2N4O3S. The smallest absolute Gasteiger partial charge is 0.214 e. The molecule has 4 rings (SSSR count). The van der Waals surface area contributed by atoms with Crippen LogP contribution in [0.2, 0.25) is 0 Å². The first-order chi connectivity index (χ1) is 16.2. The van der Waals surface area contributed by atoms with Crippen molar-refractivity contribution in [2.75, 3.05) is 43.9 Å². The number of ether oxygens (including phenoxy) is 1. The van der Waals surface area contributed by atoms with E-state index in [-0.39, 0.29) is 22.9 Å². The second-order valence-corrected chi connectivity index (χ2v) is 10.5. The van der Waals surface area contributed by atoms with E-state index in [1.807, 2.05) is 36.9 Å². The summed E-state index contributed by atoms with van der Waals surface area (Å²) in [6.45, 7) is 5.43. The summed E-state index contributed by atoms with van der Waals surface area (Å²) in [4.78, 5) is 11.1. The third-order valence-corrected chi connectivity index (χ3v) is 7.96. The predicted molar refractivity (Wildman–Crippen MR) is 129 cm³/mol. The summed E-state index contributed by atoms with van der Waals surface area (Å²) in [5.41, 5.74) is 1.51. The van der Waals surface area contributed by atoms with Gasteiger partial charge in [-0.2, -0.15) is 4.31 Å². The molecule has 0 aliphatic carbocycles. The number of rotatable bonds is 7. The Bertz CT molecular complexity index is 1310. The van der Waals surface area contributed by atoms with Gasteiger partial charge in [-0.15, -0.1) is 0 Å². The van der Waals surface area contributed by atoms with Crippen molar-refractivity contribution in [3.63, 3.8) is 0 Å². The van der Waals surface area contributed by atoms with Gasteiger partial charge < -0.3 is 9.64 Å². The number of sulfonamides is 1. The van der Waals surface area contributed by atoms with Crippen LogP contribution in [-0.2, 0) is 10.0 Å². The lowest BCUT2D eigenvalue weighted by atomic mass is 10.1. The molecule has 0 amide bonds. The van der Waals surface area contributed by atoms with Gasteiger partial charge in [-0.25, -0.2) is 27.2 Å². The minimum Gasteiger partial charge on any atom is -0.494 e. The highest BCUT2D eigenvalue weighted by Gasteiger charge is 2.28. The summed E-state index contributed by atoms with van der Waals surface area (Å²) in [5, 5.41) is 0.769. The lowest BCUT2D eigenvalue weighted by Gasteiger charge is -2.35. The van der Waals surface area contributed by atoms with Gasteiger partial charge in [0.05, 0.1) is 23.9 Å². The van der Waals surface area contributed by atoms with Crippen LogP contribution < -0.4 is 9.64 Å². The number of aryl methyl sites for hydroxylation is 1. The van der Waals surface area contributed by atoms with Gasteiger partial charge in [-0.3, -0.25) is 0 Å². The molecule has 0 radical (unpaired) electrons. The summed E-state index contributed by atoms with van der Waals surface area (Å²) in [6, 6.07) is 7.72. The highest BCUT2D eigenvalue weighted by molar-refractivity contribution is 7.89. The number of piperazine rings is 1. The lowest BCUT2D eigenvalue weighted by molar-refractivity contribution is 0.382. The molecule has 0 spiro atoms. The highest BCUT2D eigenvalue weighted by Crippen LogP contribution is 2.32. The Morgan fingerprint density at radius 3 is 2.44 bits per heavy atom. The van der Waals surface area contributed by atoms with E-state index in [1.54, 1.807) is 0 Å². The summed E-state index contributed by atoms with van der Waals surface area (Å²) < 4.78 is 60.8. The van der Waals surface area contributed by atoms with Crippen LogP contribution in [0.15, 0.2) is 30.3 Å². The Labute approximate surface area is 198 Å². The van der Waals surface area contributed by atoms with Gasteiger partial charge in [0, 0.05) is 37.6 Å². The van der Waals surface area contributed by atoms with Crippen LogP contribution in [0.4, 0.5) is 14.6 Å². The van der Waals surface area contributed by atoms with E-state index < -0.39 is 21.7 Å². The van der Waals surface area contributed by atoms with Gasteiger partial charge in [0.15, 0.2) is 17.4 Å². The van der Waals surface area contributed by atoms with Crippen molar-refractivity contribution < 1.29 is 21.9 Å². The summed E-state index contributed by atoms with van der Waals surface area (Å²) >= 11 is 0. The zero-order valence-electron chi connectivity index (χ0n) is 19.5. The van der Waals surface area contributed by atoms with Gasteiger partial charge in [0.25, 0.3) is 0 Å². The first-order valence-corrected chi connectivity index (χ1v) is 12.9. The maximum atomic E-state index is 14.8. The Morgan fingerprint density at radius 2 is 1.76 bits per heavy atom. The number of nitrogens with zero attached hydrogens (tertiary/aromatic N) is 4. The fourth-order valence-electron chi connectivity index (χ4n) is 4.07. The van der Waals surface area contributed by atoms with Crippen molar-refractivity contribution in [3.8, 4) is 17.1 Å². The van der Waals surface area contributed by atoms with E-state index in [0.29, 0.717) is 43.9 Å². The number of hydrogen-bond donors (Lipinski definition) is 0. The van der Waals surface area contributed by atoms with Gasteiger partial charge in [-0.1, -0.05) is 19.4 Å². The largest absolute Gasteiger partial charge is 0.494 e. The number of unbranched alkanes of at least 4 members (excludes halogenated alkanes) is 1. The Morgan fingerprint density at radius 1 is 1.03 bits per heavy atom. The number of halogens is 2. The van der Waals surface area contributed by atoms with Gasteiger partial charge >= 0.3 is 0 Å². The maximum absolute atomic E-state index is 14.8. The Hall–Kier alpha value is -2.85. The first kappa shape index (κ1) is 24.3. The molecule has 1 aliphatic rings. The van der Waals surface area contributed by atoms with Crippen LogP contribution >= 0.6 is 0 Å². The number of benzene rings is 2. The molecule has 0 bridgehead atoms. The molecule has 0 saturated carbocycles. The monoisotopic (exact) mass is 490 g/mol. The summed E-state index contributed by atoms with van der Waals surface area (Å²) in [7, 11) is -2.03. The molecule has 0 atom stereocenters. The van der Waals surface area contributed by atoms with E-state index in [9.17, 15) is 17.2 Å². The van der Waals surface area contributed by atoms with Gasteiger partial charge in [0.2, 0.25) is 10.0 Å². The zero-order valence-corrected chi connectivity index (χ0v) is 20.3. The number of methoxy groups -OCH3 is 1. The van der Waals surface area contributed by atoms with Crippen LogP contribution in [-0.4, -0.2) is 61.7 Å². The maximum Gasteiger partial charge on any atom is 0.214 e. The molecule has 1 aliphatic heterocycles. The summed E-state index contributed by atoms with van der Waals surface area (Å²) in [5.74, 6) is -0.821. The van der Waals surface area contributed by atoms with Crippen LogP contribution in [0.25, 0.3) is 22.3 Å². The van der Waals surface area contributed by atoms with Crippen molar-refractivity contribution in [1.29, 1.82) is 0 Å². The molecule has 10 heteroatoms. The molecule has 34 heavy (non-hydrogen) atoms. The number of aromatic nitrogens is 2. The second kappa shape index (κ2) is 9.79. The minimum atomic E-state index is -3.30. The third-order valence-electron chi connectivity index (χ3n) is 6.00. The molecule has 0 unspecified atom stereocenters. The van der Waals surface area contributed by atoms with Crippen LogP contribution in [0.3, 0.4) is 0 Å². The van der Waals surface area contributed by atoms with Gasteiger partial charge in [-0.05, 0) is 37.1 Å². The molecule has 3 aromatic rings. The van der Waals surface area contributed by atoms with Crippen LogP contribution in [0.5, 0.6) is 5.75 Å². The van der Waals surface area contributed by atoms with E-state index in [4.69, 9.17) is 4.74 Å². The summed E-state index contributed by atoms with van der Waals surface area (Å²) in [6.07, 6.45) is 1.45. The molecule has 2 aromatic carbocycles. The quantitative estimate of drug-likeness (QED) is 0.496. The molecule has 2 heterocycles. The Balaban J connectivity index is 1.72. The van der Waals surface area contributed by atoms with E-state index in [2.05, 4.69) is 9.97 Å². The van der Waals surface area contributed by atoms with E-state index in [1.165, 1.54) is 11.4 Å². The molecule has 1 fully saturated rings. The third kappa shape index (κ3) is 4.83. The topological polar surface area (TPSA) is 75.6 Å². The second-order valence-electron chi connectivity index (χ2n) is 8.41. The SMILES string of the molecule is CCCCS(=O)(=O)N1CCN(c2nc(-c3cc(F)c(OC)cc3F)nc3cc(C)ccc23)CC1. The molecular weight excluding hydrogens is 462 g/mol. The van der Waals surface area contributed by atoms with Crippen molar-refractivity contribution in [1.82, 2.24) is 14.3 Å². The Kier molecular flexibility index (Phi) is 6.99. The fraction of sp³-hybridized carbons (Fsp3) is 0.417. The highest BCUT2D eigenvalue weighted by atomic mass is 32.2. The fourth-order valence-corrected chi connectivity index (χ4v) is 5.71. The minimum absolute atomic E-state index is 0.0603. The van der Waals surface area contributed by atoms with Crippen molar-refractivity contribution in [2.45, 2.75) is 26.7 Å². The average molecular weight is 491 g/mol. The van der Waals surface area contributed by atoms with E-state index >= 15 is 0 Å². The standard InChI is InChI=1S/C24H28F2N4O3S/c1-4-5-12-34(31,32)30-10-8-29(9-11-30)24-17-7-6-16(2)13-21(17)27-23(28-24)18-14-20(26)22(33-3)15-19(18)25/h6-7,13-15H,4-5,8-12H2,1-3H3.